The van der Waals surface area contributed by atoms with Gasteiger partial charge in [-0.15, -0.1) is 0 Å². The minimum absolute atomic E-state index is 0.0126. The summed E-state index contributed by atoms with van der Waals surface area (Å²) in [4.78, 5) is 50.3. The van der Waals surface area contributed by atoms with Gasteiger partial charge in [-0.1, -0.05) is 123 Å². The predicted octanol–water partition coefficient (Wildman–Crippen LogP) is 23.4. The summed E-state index contributed by atoms with van der Waals surface area (Å²) in [6, 6.07) is 56.4. The second kappa shape index (κ2) is 43.3. The molecule has 2 aliphatic carbocycles. The van der Waals surface area contributed by atoms with Crippen molar-refractivity contribution in [3.05, 3.63) is 290 Å². The number of alkyl halides is 3. The molecule has 0 aliphatic heterocycles. The summed E-state index contributed by atoms with van der Waals surface area (Å²) in [6.45, 7) is 11.7. The van der Waals surface area contributed by atoms with E-state index >= 15 is 0 Å². The van der Waals surface area contributed by atoms with Crippen LogP contribution in [0.2, 0.25) is 0 Å². The molecule has 634 valence electrons. The van der Waals surface area contributed by atoms with Gasteiger partial charge in [0, 0.05) is 152 Å². The Bertz CT molecular complexity index is 6100. The molecule has 0 amide bonds. The van der Waals surface area contributed by atoms with Crippen molar-refractivity contribution in [3.8, 4) is 137 Å². The van der Waals surface area contributed by atoms with E-state index in [1.54, 1.807) is 86.5 Å². The number of hydrogen-bond acceptors (Lipinski definition) is 27. The molecule has 0 spiro atoms. The van der Waals surface area contributed by atoms with Crippen molar-refractivity contribution < 1.29 is 54.5 Å². The van der Waals surface area contributed by atoms with Crippen molar-refractivity contribution in [3.63, 3.8) is 0 Å². The zero-order valence-electron chi connectivity index (χ0n) is 68.9. The van der Waals surface area contributed by atoms with E-state index in [0.717, 1.165) is 86.5 Å². The highest BCUT2D eigenvalue weighted by Crippen LogP contribution is 2.40. The van der Waals surface area contributed by atoms with Crippen molar-refractivity contribution in [1.82, 2.24) is 90.7 Å². The number of halogens is 4. The van der Waals surface area contributed by atoms with Crippen LogP contribution in [0.4, 0.5) is 13.2 Å². The molecule has 0 saturated heterocycles. The number of para-hydroxylation sites is 1. The molecule has 27 nitrogen and oxygen atoms in total. The normalized spacial score (nSPS) is 13.6. The van der Waals surface area contributed by atoms with E-state index in [4.69, 9.17) is 41.3 Å². The van der Waals surface area contributed by atoms with Gasteiger partial charge in [0.15, 0.2) is 0 Å². The van der Waals surface area contributed by atoms with Gasteiger partial charge in [-0.25, -0.2) is 0 Å². The quantitative estimate of drug-likeness (QED) is 0.0645. The van der Waals surface area contributed by atoms with Crippen molar-refractivity contribution in [1.29, 1.82) is 0 Å². The lowest BCUT2D eigenvalue weighted by Gasteiger charge is -2.25. The Hall–Kier alpha value is -14.5. The van der Waals surface area contributed by atoms with E-state index in [1.807, 2.05) is 159 Å². The summed E-state index contributed by atoms with van der Waals surface area (Å²) in [5.74, 6) is 11.6. The number of nitrogens with zero attached hydrogens (tertiary/aromatic N) is 18. The van der Waals surface area contributed by atoms with Gasteiger partial charge in [-0.3, -0.25) is 29.9 Å². The van der Waals surface area contributed by atoms with Crippen molar-refractivity contribution in [2.75, 3.05) is 13.2 Å². The van der Waals surface area contributed by atoms with Crippen molar-refractivity contribution >= 4 is 15.9 Å². The smallest absolute Gasteiger partial charge is 0.416 e. The zero-order chi connectivity index (χ0) is 86.5. The summed E-state index contributed by atoms with van der Waals surface area (Å²) < 4.78 is 87.7. The maximum Gasteiger partial charge on any atom is 0.416 e. The second-order valence-electron chi connectivity index (χ2n) is 29.2. The van der Waals surface area contributed by atoms with Crippen LogP contribution in [0.15, 0.2) is 294 Å². The number of pyridine rings is 6. The Morgan fingerprint density at radius 1 is 0.352 bits per heavy atom. The lowest BCUT2D eigenvalue weighted by atomic mass is 9.81. The lowest BCUT2D eigenvalue weighted by molar-refractivity contribution is -0.137. The fourth-order valence-corrected chi connectivity index (χ4v) is 14.1. The third-order valence-electron chi connectivity index (χ3n) is 19.8. The average molecular weight is 1750 g/mol. The van der Waals surface area contributed by atoms with Gasteiger partial charge >= 0.3 is 6.18 Å². The van der Waals surface area contributed by atoms with E-state index in [2.05, 4.69) is 140 Å². The number of ether oxygens (including phenoxy) is 3. The van der Waals surface area contributed by atoms with Gasteiger partial charge in [0.1, 0.15) is 23.0 Å². The first-order valence-electron chi connectivity index (χ1n) is 40.8. The maximum absolute atomic E-state index is 12.8. The molecule has 17 aromatic rings. The molecule has 125 heavy (non-hydrogen) atoms. The topological polar surface area (TPSA) is 339 Å². The van der Waals surface area contributed by atoms with Crippen LogP contribution in [0.3, 0.4) is 0 Å². The van der Waals surface area contributed by atoms with Crippen LogP contribution in [-0.4, -0.2) is 104 Å². The van der Waals surface area contributed by atoms with Gasteiger partial charge in [0.2, 0.25) is 46.7 Å². The Morgan fingerprint density at radius 3 is 1.11 bits per heavy atom. The molecule has 5 aromatic carbocycles. The lowest BCUT2D eigenvalue weighted by Crippen LogP contribution is -2.12. The van der Waals surface area contributed by atoms with Crippen LogP contribution in [0.5, 0.6) is 23.0 Å². The Morgan fingerprint density at radius 2 is 0.712 bits per heavy atom. The van der Waals surface area contributed by atoms with Gasteiger partial charge in [-0.2, -0.15) is 43.1 Å². The molecule has 2 aliphatic rings. The molecule has 0 bridgehead atoms. The number of hydrogen-bond donors (Lipinski definition) is 0. The standard InChI is InChI=1S/C19H13N3O2.C17H17N3O3.C17H17N3O.C15H19N3O.C14H7BrF3N3O.C12H13N3O/c1-2-6-16(7-3-1)23-17-8-4-5-15(13-17)19-21-18(22-24-19)14-9-11-20-12-10-14;1-3-21-14-9-13(10-15(11-14)22-4-2)17-19-16(20-23-17)12-5-7-18-8-6-12;1-12(2)10-13-4-3-5-15(11-13)17-19-16(20-21-17)14-6-8-18-9-7-14;1-2-11-3-5-13(6-4-11)15-17-14(18-19-15)12-7-9-16-10-8-12;15-11-6-9(5-10(7-11)14(16,17)18)13-20-12(21-22-13)8-1-3-19-4-2-8;1-2-4-10(3-1)12-14-11(15-16-12)9-5-7-13-8-6-9/h1-13H;5-11H,3-4H2,1-2H3;3-9,11-12H,10H2,1-2H3;7-11,13H,2-6H2,1H3;1-7H;5-8,10H,1-4H2. The number of benzene rings is 5. The minimum atomic E-state index is -4.45. The molecule has 12 aromatic heterocycles. The Labute approximate surface area is 726 Å². The van der Waals surface area contributed by atoms with E-state index in [0.29, 0.717) is 101 Å². The summed E-state index contributed by atoms with van der Waals surface area (Å²) >= 11 is 3.06. The molecule has 12 heterocycles. The predicted molar refractivity (Wildman–Crippen MR) is 463 cm³/mol. The van der Waals surface area contributed by atoms with Gasteiger partial charge < -0.3 is 41.3 Å². The molecule has 2 saturated carbocycles. The van der Waals surface area contributed by atoms with E-state index in [-0.39, 0.29) is 21.8 Å². The highest BCUT2D eigenvalue weighted by molar-refractivity contribution is 9.10. The van der Waals surface area contributed by atoms with Gasteiger partial charge in [0.25, 0.3) is 23.6 Å². The fraction of sp³-hybridized carbons (Fsp3) is 0.234. The van der Waals surface area contributed by atoms with Crippen molar-refractivity contribution in [2.24, 2.45) is 11.8 Å². The first kappa shape index (κ1) is 86.9. The monoisotopic (exact) mass is 1750 g/mol. The molecular weight excluding hydrogens is 1660 g/mol. The van der Waals surface area contributed by atoms with Crippen LogP contribution in [-0.2, 0) is 12.6 Å². The van der Waals surface area contributed by atoms with E-state index in [1.165, 1.54) is 69.4 Å². The molecule has 0 atom stereocenters. The highest BCUT2D eigenvalue weighted by Gasteiger charge is 2.32. The highest BCUT2D eigenvalue weighted by atomic mass is 79.9. The molecule has 0 radical (unpaired) electrons. The first-order chi connectivity index (χ1) is 61.1. The summed E-state index contributed by atoms with van der Waals surface area (Å²) in [6.07, 6.45) is 28.0. The van der Waals surface area contributed by atoms with Crippen LogP contribution in [0, 0.1) is 11.8 Å². The van der Waals surface area contributed by atoms with E-state index in [9.17, 15) is 13.2 Å². The largest absolute Gasteiger partial charge is 0.494 e. The maximum atomic E-state index is 12.8. The zero-order valence-corrected chi connectivity index (χ0v) is 70.4. The SMILES string of the molecule is CC(C)Cc1cccc(-c2nc(-c3ccncc3)no2)c1.CCC1CCC(c2nc(-c3ccncc3)no2)CC1.CCOc1cc(OCC)cc(-c2nc(-c3ccncc3)no2)c1.FC(F)(F)c1cc(Br)cc(-c2nc(-c3ccncc3)no2)c1.c1cc(-c2noc(C3CCCC3)n2)ccn1.c1ccc(Oc2cccc(-c3nc(-c4ccncc4)no3)c2)cc1. The number of rotatable bonds is 21. The van der Waals surface area contributed by atoms with Crippen LogP contribution < -0.4 is 14.2 Å². The van der Waals surface area contributed by atoms with Crippen LogP contribution in [0.1, 0.15) is 127 Å². The third-order valence-corrected chi connectivity index (χ3v) is 20.3. The molecule has 0 N–H and O–H groups in total. The van der Waals surface area contributed by atoms with Gasteiger partial charge in [-0.05, 0) is 222 Å². The second-order valence-corrected chi connectivity index (χ2v) is 30.1. The summed E-state index contributed by atoms with van der Waals surface area (Å²) in [5.41, 5.74) is 8.40. The Kier molecular flexibility index (Phi) is 30.1. The summed E-state index contributed by atoms with van der Waals surface area (Å²) in [5, 5.41) is 24.0. The third kappa shape index (κ3) is 24.7. The average Bonchev–Trinajstić information content (AvgIpc) is 1.79. The minimum Gasteiger partial charge on any atom is -0.494 e. The van der Waals surface area contributed by atoms with Crippen LogP contribution >= 0.6 is 15.9 Å². The van der Waals surface area contributed by atoms with Crippen molar-refractivity contribution in [2.45, 2.75) is 117 Å². The molecule has 2 fully saturated rings. The van der Waals surface area contributed by atoms with Crippen LogP contribution in [0.25, 0.3) is 114 Å². The Balaban J connectivity index is 0.000000122. The number of aromatic nitrogens is 18. The molecule has 31 heteroatoms. The molecule has 0 unspecified atom stereocenters. The molecular formula is C94H86BrF3N18O9. The fourth-order valence-electron chi connectivity index (χ4n) is 13.6. The van der Waals surface area contributed by atoms with E-state index < -0.39 is 11.7 Å². The molecule has 19 rings (SSSR count). The van der Waals surface area contributed by atoms with Gasteiger partial charge in [0.05, 0.1) is 18.8 Å². The summed E-state index contributed by atoms with van der Waals surface area (Å²) in [7, 11) is 0. The first-order valence-corrected chi connectivity index (χ1v) is 41.6.